The lowest BCUT2D eigenvalue weighted by molar-refractivity contribution is -0.337. The van der Waals surface area contributed by atoms with E-state index in [1.165, 1.54) is 73.3 Å². The van der Waals surface area contributed by atoms with Crippen molar-refractivity contribution < 1.29 is 140 Å². The zero-order chi connectivity index (χ0) is 94.5. The molecule has 42 heteroatoms. The fraction of sp³-hybridized carbons (Fsp3) is 0.621. The molecule has 2 aromatic carbocycles. The summed E-state index contributed by atoms with van der Waals surface area (Å²) in [6.45, 7) is 17.8. The number of Topliss-reactive ketones (excluding diaryl/α,β-unsaturated/α-hetero) is 1. The monoisotopic (exact) mass is 1980 g/mol. The maximum absolute atomic E-state index is 14.7. The first-order chi connectivity index (χ1) is 61.3. The van der Waals surface area contributed by atoms with Crippen LogP contribution < -0.4 is 52.0 Å². The topological polar surface area (TPSA) is 509 Å². The lowest BCUT2D eigenvalue weighted by Gasteiger charge is -2.47. The van der Waals surface area contributed by atoms with Gasteiger partial charge in [-0.3, -0.25) is 38.9 Å². The third-order valence-electron chi connectivity index (χ3n) is 22.2. The van der Waals surface area contributed by atoms with Crippen molar-refractivity contribution in [3.8, 4) is 40.9 Å². The fourth-order valence-corrected chi connectivity index (χ4v) is 19.3. The zero-order valence-electron chi connectivity index (χ0n) is 74.7. The van der Waals surface area contributed by atoms with Gasteiger partial charge in [0.25, 0.3) is 0 Å². The smallest absolute Gasteiger partial charge is 0.411 e. The number of aliphatic hydroxyl groups is 6. The van der Waals surface area contributed by atoms with Gasteiger partial charge in [0.15, 0.2) is 41.8 Å². The molecule has 129 heavy (non-hydrogen) atoms. The summed E-state index contributed by atoms with van der Waals surface area (Å²) >= 11 is 2.76. The van der Waals surface area contributed by atoms with Gasteiger partial charge in [0.2, 0.25) is 40.8 Å². The molecule has 14 N–H and O–H groups in total. The Balaban J connectivity index is 0.899. The number of hydrogen-bond donors (Lipinski definition) is 13. The minimum absolute atomic E-state index is 0.00907. The number of hydrogen-bond acceptors (Lipinski definition) is 33. The van der Waals surface area contributed by atoms with E-state index in [-0.39, 0.29) is 114 Å². The van der Waals surface area contributed by atoms with Gasteiger partial charge in [0, 0.05) is 86.5 Å². The summed E-state index contributed by atoms with van der Waals surface area (Å²) in [6, 6.07) is 1.34. The molecule has 4 fully saturated rings. The van der Waals surface area contributed by atoms with Crippen LogP contribution in [0.1, 0.15) is 142 Å². The van der Waals surface area contributed by atoms with E-state index in [1.807, 2.05) is 43.4 Å². The molecule has 5 aliphatic heterocycles. The lowest BCUT2D eigenvalue weighted by atomic mass is 9.75. The number of ether oxygens (including phenoxy) is 13. The highest BCUT2D eigenvalue weighted by Crippen LogP contribution is 2.50. The number of benzene rings is 2. The molecule has 0 aromatic heterocycles. The molecule has 4 saturated heterocycles. The number of likely N-dealkylation sites (N-methyl/N-ethyl adjacent to an activating group) is 1. The van der Waals surface area contributed by atoms with Gasteiger partial charge in [-0.15, -0.1) is 0 Å². The molecule has 0 saturated carbocycles. The molecule has 22 atom stereocenters. The number of rotatable bonds is 39. The van der Waals surface area contributed by atoms with Crippen LogP contribution in [0.25, 0.3) is 0 Å². The Hall–Kier alpha value is -7.91. The van der Waals surface area contributed by atoms with Crippen LogP contribution >= 0.6 is 55.9 Å². The first-order valence-electron chi connectivity index (χ1n) is 42.4. The number of amides is 8. The average molecular weight is 1980 g/mol. The number of primary amides is 1. The second kappa shape index (κ2) is 48.7. The minimum Gasteiger partial charge on any atom is -0.492 e. The first kappa shape index (κ1) is 105. The lowest BCUT2D eigenvalue weighted by Crippen LogP contribution is -2.65. The van der Waals surface area contributed by atoms with Gasteiger partial charge < -0.3 is 129 Å². The van der Waals surface area contributed by atoms with E-state index in [1.54, 1.807) is 89.6 Å². The largest absolute Gasteiger partial charge is 0.492 e. The number of hydroxylamine groups is 1. The van der Waals surface area contributed by atoms with E-state index in [2.05, 4.69) is 55.7 Å². The number of carbonyl (C=O) groups excluding carboxylic acids is 9. The Bertz CT molecular complexity index is 4530. The number of fused-ring (bicyclic) bond motifs is 2. The number of urea groups is 1. The number of anilines is 1. The summed E-state index contributed by atoms with van der Waals surface area (Å²) < 4.78 is 79.5. The number of aliphatic hydroxyl groups excluding tert-OH is 5. The highest BCUT2D eigenvalue weighted by molar-refractivity contribution is 14.1. The quantitative estimate of drug-likeness (QED) is 0.0137. The average Bonchev–Trinajstić information content (AvgIpc) is 1.63. The van der Waals surface area contributed by atoms with Gasteiger partial charge in [-0.25, -0.2) is 14.4 Å². The van der Waals surface area contributed by atoms with Crippen LogP contribution in [0.2, 0.25) is 0 Å². The van der Waals surface area contributed by atoms with Crippen molar-refractivity contribution in [2.45, 2.75) is 272 Å². The molecular weight excluding hydrogens is 1860 g/mol. The number of nitrogens with one attached hydrogen (secondary N) is 6. The predicted molar refractivity (Wildman–Crippen MR) is 481 cm³/mol. The summed E-state index contributed by atoms with van der Waals surface area (Å²) in [5.41, 5.74) is 6.92. The molecule has 712 valence electrons. The number of allylic oxidation sites excluding steroid dienone is 3. The standard InChI is InChI=1S/C87H120IN9O29S3/c1-16-96(85(111)119-42-49-28-30-50(31-29-49)91-78(106)52(25-24-36-90-83(89)109)92-79(107)66(44(2)3)93-58(100)27-21-19-23-37-97-59(101)32-33-60(97)102)53-43-118-61(40-57(53)113-11)124-75-70(104)67(46(5)121-82(75)123-56-26-20-17-18-22-35-87(112)41-55(99)68(94-84(110)117-15)64(56)51(87)34-38-127-129-86(8,9)10)95-126-62-39-54(98)77(48(7)120-62)128-80(108)63-45(4)65(88)73(76(116-14)72(63)114-12)125-81-71(105)74(115-13)69(103)47(6)122-81/h17-18,28-34,44,46-48,52-54,56-57,59,61-62,66-67,69-71,74-75,77,81-82,95,98,101,103-105,112H,16,19,21,23-25,27,36-43H2,1-15H3,(H,91,106)(H,92,107)(H,93,100)(H,94,110)(H3,89,90,109)/b18-17-,51-34+/t46-,47+,48-,52+,53+,54+,56+,57+,59?,61+,62+,66+,67-,69+,70+,71-,74-,75-,77-,81+,82+,87+/m1/s1. The third kappa shape index (κ3) is 27.7. The van der Waals surface area contributed by atoms with E-state index >= 15 is 0 Å². The van der Waals surface area contributed by atoms with E-state index in [9.17, 15) is 73.8 Å². The predicted octanol–water partition coefficient (Wildman–Crippen LogP) is 5.06. The molecule has 9 rings (SSSR count). The number of halogens is 1. The number of carbonyl (C=O) groups is 9. The molecule has 0 radical (unpaired) electrons. The molecule has 1 unspecified atom stereocenters. The second-order valence-electron chi connectivity index (χ2n) is 32.9. The van der Waals surface area contributed by atoms with Crippen molar-refractivity contribution in [1.82, 2.24) is 36.5 Å². The normalized spacial score (nSPS) is 29.0. The van der Waals surface area contributed by atoms with Gasteiger partial charge >= 0.3 is 18.2 Å². The number of ketones is 1. The Labute approximate surface area is 775 Å². The Morgan fingerprint density at radius 2 is 1.53 bits per heavy atom. The molecule has 8 amide bonds. The zero-order valence-corrected chi connectivity index (χ0v) is 79.3. The van der Waals surface area contributed by atoms with Crippen LogP contribution in [0.15, 0.2) is 71.5 Å². The number of nitrogens with zero attached hydrogens (tertiary/aromatic N) is 2. The van der Waals surface area contributed by atoms with E-state index < -0.39 is 193 Å². The van der Waals surface area contributed by atoms with E-state index in [0.29, 0.717) is 46.2 Å². The Morgan fingerprint density at radius 3 is 2.17 bits per heavy atom. The van der Waals surface area contributed by atoms with Gasteiger partial charge in [-0.1, -0.05) is 116 Å². The molecule has 0 spiro atoms. The number of unbranched alkanes of at least 4 members (excludes halogenated alkanes) is 2. The summed E-state index contributed by atoms with van der Waals surface area (Å²) in [5, 5.41) is 81.3. The number of alkyl carbamates (subject to hydrolysis) is 1. The first-order valence-corrected chi connectivity index (χ1v) is 46.6. The molecule has 2 aliphatic carbocycles. The van der Waals surface area contributed by atoms with Crippen LogP contribution in [0, 0.1) is 40.1 Å². The summed E-state index contributed by atoms with van der Waals surface area (Å²) in [5.74, 6) is 8.71. The summed E-state index contributed by atoms with van der Waals surface area (Å²) in [4.78, 5) is 130. The Morgan fingerprint density at radius 1 is 0.814 bits per heavy atom. The minimum atomic E-state index is -2.17. The number of nitrogens with two attached hydrogens (primary N) is 1. The SMILES string of the molecule is CCN(C(=O)OCc1ccc(NC(=O)[C@H](CCCNC(N)=O)NC(=O)[C@@H](NC(=O)CCCCCN2C(=O)C=CC2O)C(C)C)cc1)[C@H]1CO[C@@H](O[C@H]2[C@H](O[C@H]3C#C/C=C\C#C[C@]4(O)CC(=O)C(NC(=O)OC)=C3/C4=C\CSSC(C)(C)C)O[C@H](C)[C@@H](NO[C@H]3C[C@H](O)[C@H](SC(=O)c4c(C)c(I)c(O[C@@H]5O[C@@H](C)[C@H](O)[C@@H](OC)[C@H]5O)c(OC)c4OC)[C@@H](C)O3)[C@@H]2O)C[C@@H]1OC. The van der Waals surface area contributed by atoms with Crippen LogP contribution in [0.3, 0.4) is 0 Å². The summed E-state index contributed by atoms with van der Waals surface area (Å²) in [6.07, 6.45) is -13.8. The molecule has 5 heterocycles. The number of thioether (sulfide) groups is 1. The van der Waals surface area contributed by atoms with Crippen LogP contribution in [-0.4, -0.2) is 299 Å². The van der Waals surface area contributed by atoms with Crippen LogP contribution in [0.4, 0.5) is 20.1 Å². The summed E-state index contributed by atoms with van der Waals surface area (Å²) in [7, 11) is 9.54. The fourth-order valence-electron chi connectivity index (χ4n) is 15.4. The van der Waals surface area contributed by atoms with Crippen molar-refractivity contribution in [1.29, 1.82) is 0 Å². The van der Waals surface area contributed by atoms with Crippen molar-refractivity contribution in [2.24, 2.45) is 11.7 Å². The van der Waals surface area contributed by atoms with Crippen molar-refractivity contribution in [2.75, 3.05) is 72.9 Å². The maximum atomic E-state index is 14.7. The van der Waals surface area contributed by atoms with Gasteiger partial charge in [-0.2, -0.15) is 5.48 Å². The van der Waals surface area contributed by atoms with E-state index in [0.717, 1.165) is 18.9 Å². The molecule has 38 nitrogen and oxygen atoms in total. The second-order valence-corrected chi connectivity index (χ2v) is 38.3. The van der Waals surface area contributed by atoms with E-state index in [4.69, 9.17) is 72.2 Å². The molecule has 7 aliphatic rings. The van der Waals surface area contributed by atoms with Crippen molar-refractivity contribution in [3.05, 3.63) is 91.7 Å². The molecule has 2 aromatic rings. The highest BCUT2D eigenvalue weighted by atomic mass is 127. The Kier molecular flexibility index (Phi) is 39.5. The highest BCUT2D eigenvalue weighted by Gasteiger charge is 2.53. The maximum Gasteiger partial charge on any atom is 0.411 e. The van der Waals surface area contributed by atoms with Crippen LogP contribution in [-0.2, 0) is 82.8 Å². The van der Waals surface area contributed by atoms with Crippen molar-refractivity contribution in [3.63, 3.8) is 0 Å². The molecular formula is C87H120IN9O29S3. The number of methoxy groups -OCH3 is 5. The van der Waals surface area contributed by atoms with Gasteiger partial charge in [-0.05, 0) is 130 Å². The molecule has 2 bridgehead atoms. The van der Waals surface area contributed by atoms with Gasteiger partial charge in [0.1, 0.15) is 61.5 Å². The van der Waals surface area contributed by atoms with Gasteiger partial charge in [0.05, 0.1) is 97.0 Å². The van der Waals surface area contributed by atoms with Crippen LogP contribution in [0.5, 0.6) is 17.2 Å². The van der Waals surface area contributed by atoms with Crippen molar-refractivity contribution >= 4 is 114 Å². The third-order valence-corrected chi connectivity index (χ3v) is 28.1.